The Morgan fingerprint density at radius 3 is 2.80 bits per heavy atom. The van der Waals surface area contributed by atoms with Gasteiger partial charge in [0, 0.05) is 53.2 Å². The molecule has 35 heavy (non-hydrogen) atoms. The number of carbonyl (C=O) groups is 1. The van der Waals surface area contributed by atoms with Crippen LogP contribution in [0.2, 0.25) is 0 Å². The molecule has 2 N–H and O–H groups in total. The molecule has 4 rings (SSSR count). The van der Waals surface area contributed by atoms with Crippen molar-refractivity contribution >= 4 is 56.4 Å². The zero-order chi connectivity index (χ0) is 24.9. The third-order valence-corrected chi connectivity index (χ3v) is 5.86. The van der Waals surface area contributed by atoms with E-state index in [-0.39, 0.29) is 11.8 Å². The van der Waals surface area contributed by atoms with E-state index >= 15 is 0 Å². The van der Waals surface area contributed by atoms with Gasteiger partial charge in [0.25, 0.3) is 0 Å². The first-order valence-corrected chi connectivity index (χ1v) is 11.9. The van der Waals surface area contributed by atoms with E-state index < -0.39 is 0 Å². The van der Waals surface area contributed by atoms with E-state index in [0.717, 1.165) is 16.6 Å². The highest BCUT2D eigenvalue weighted by atomic mass is 35.5. The van der Waals surface area contributed by atoms with Gasteiger partial charge in [0.15, 0.2) is 0 Å². The Kier molecular flexibility index (Phi) is 7.23. The average Bonchev–Trinajstić information content (AvgIpc) is 3.23. The molecule has 0 bridgehead atoms. The van der Waals surface area contributed by atoms with Crippen molar-refractivity contribution in [2.75, 3.05) is 23.1 Å². The molecule has 0 aliphatic rings. The number of carbonyl (C=O) groups excluding carboxylic acids is 1. The number of allylic oxidation sites excluding steroid dienone is 1. The fourth-order valence-electron chi connectivity index (χ4n) is 4.05. The molecule has 0 spiro atoms. The van der Waals surface area contributed by atoms with Crippen molar-refractivity contribution in [2.45, 2.75) is 20.3 Å². The van der Waals surface area contributed by atoms with Gasteiger partial charge in [-0.15, -0.1) is 11.6 Å². The normalized spacial score (nSPS) is 11.2. The number of hydrogen-bond acceptors (Lipinski definition) is 5. The SMILES string of the molecule is CCOc1cc2nc(CC)c(C#N)c(Nc3ccc4c(ccn4C)c3)c2cc1NC(=O)/C=C/CCl. The van der Waals surface area contributed by atoms with Crippen LogP contribution in [-0.4, -0.2) is 27.9 Å². The van der Waals surface area contributed by atoms with Gasteiger partial charge in [0.05, 0.1) is 34.8 Å². The molecule has 0 atom stereocenters. The van der Waals surface area contributed by atoms with Gasteiger partial charge in [-0.05, 0) is 43.7 Å². The number of nitriles is 1. The summed E-state index contributed by atoms with van der Waals surface area (Å²) in [4.78, 5) is 17.1. The van der Waals surface area contributed by atoms with E-state index in [1.807, 2.05) is 51.4 Å². The second-order valence-electron chi connectivity index (χ2n) is 7.94. The van der Waals surface area contributed by atoms with Crippen molar-refractivity contribution in [3.05, 3.63) is 66.0 Å². The number of nitrogens with one attached hydrogen (secondary N) is 2. The standard InChI is InChI=1S/C27H26ClN5O2/c1-4-21-20(16-29)27(30-18-8-9-24-17(13-18)10-12-33(24)3)19-14-23(32-26(34)7-6-11-28)25(35-5-2)15-22(19)31-21/h6-10,12-15H,4-5,11H2,1-3H3,(H,30,31)(H,32,34)/b7-6+. The molecule has 0 saturated heterocycles. The van der Waals surface area contributed by atoms with Crippen molar-refractivity contribution in [3.63, 3.8) is 0 Å². The molecule has 7 nitrogen and oxygen atoms in total. The summed E-state index contributed by atoms with van der Waals surface area (Å²) in [6.45, 7) is 4.26. The van der Waals surface area contributed by atoms with E-state index in [0.29, 0.717) is 52.3 Å². The highest BCUT2D eigenvalue weighted by molar-refractivity contribution is 6.19. The Morgan fingerprint density at radius 2 is 2.09 bits per heavy atom. The molecule has 2 aromatic carbocycles. The van der Waals surface area contributed by atoms with Crippen LogP contribution in [0.4, 0.5) is 17.1 Å². The summed E-state index contributed by atoms with van der Waals surface area (Å²) < 4.78 is 7.85. The van der Waals surface area contributed by atoms with Gasteiger partial charge in [-0.1, -0.05) is 13.0 Å². The molecular formula is C27H26ClN5O2. The summed E-state index contributed by atoms with van der Waals surface area (Å²) in [5, 5.41) is 18.1. The number of fused-ring (bicyclic) bond motifs is 2. The van der Waals surface area contributed by atoms with Crippen molar-refractivity contribution in [1.82, 2.24) is 9.55 Å². The maximum absolute atomic E-state index is 12.4. The summed E-state index contributed by atoms with van der Waals surface area (Å²) in [7, 11) is 2.00. The minimum Gasteiger partial charge on any atom is -0.492 e. The van der Waals surface area contributed by atoms with Gasteiger partial charge in [-0.2, -0.15) is 5.26 Å². The molecule has 0 saturated carbocycles. The molecule has 4 aromatic rings. The molecule has 0 aliphatic carbocycles. The van der Waals surface area contributed by atoms with Gasteiger partial charge >= 0.3 is 0 Å². The van der Waals surface area contributed by atoms with Crippen LogP contribution in [-0.2, 0) is 18.3 Å². The van der Waals surface area contributed by atoms with E-state index in [9.17, 15) is 10.1 Å². The number of aryl methyl sites for hydroxylation is 2. The number of ether oxygens (including phenoxy) is 1. The maximum atomic E-state index is 12.4. The lowest BCUT2D eigenvalue weighted by atomic mass is 10.0. The van der Waals surface area contributed by atoms with Crippen molar-refractivity contribution in [2.24, 2.45) is 7.05 Å². The number of aromatic nitrogens is 2. The number of rotatable bonds is 8. The maximum Gasteiger partial charge on any atom is 0.248 e. The number of alkyl halides is 1. The quantitative estimate of drug-likeness (QED) is 0.233. The van der Waals surface area contributed by atoms with Crippen LogP contribution < -0.4 is 15.4 Å². The second-order valence-corrected chi connectivity index (χ2v) is 8.25. The lowest BCUT2D eigenvalue weighted by Gasteiger charge is -2.18. The number of benzene rings is 2. The van der Waals surface area contributed by atoms with Gasteiger partial charge in [-0.25, -0.2) is 0 Å². The van der Waals surface area contributed by atoms with Gasteiger partial charge < -0.3 is 19.9 Å². The Balaban J connectivity index is 1.89. The Labute approximate surface area is 209 Å². The zero-order valence-electron chi connectivity index (χ0n) is 19.9. The topological polar surface area (TPSA) is 92.0 Å². The minimum absolute atomic E-state index is 0.235. The monoisotopic (exact) mass is 487 g/mol. The molecule has 2 aromatic heterocycles. The number of pyridine rings is 1. The minimum atomic E-state index is -0.325. The van der Waals surface area contributed by atoms with E-state index in [1.165, 1.54) is 6.08 Å². The molecule has 2 heterocycles. The van der Waals surface area contributed by atoms with Crippen molar-refractivity contribution in [3.8, 4) is 11.8 Å². The summed E-state index contributed by atoms with van der Waals surface area (Å²) in [6, 6.07) is 14.0. The van der Waals surface area contributed by atoms with Gasteiger partial charge in [0.1, 0.15) is 11.8 Å². The number of halogens is 1. The third kappa shape index (κ3) is 4.93. The van der Waals surface area contributed by atoms with E-state index in [1.54, 1.807) is 18.2 Å². The molecule has 178 valence electrons. The molecule has 8 heteroatoms. The van der Waals surface area contributed by atoms with Crippen LogP contribution in [0.15, 0.2) is 54.7 Å². The summed E-state index contributed by atoms with van der Waals surface area (Å²) >= 11 is 5.67. The molecule has 0 fully saturated rings. The number of amides is 1. The van der Waals surface area contributed by atoms with E-state index in [2.05, 4.69) is 21.3 Å². The lowest BCUT2D eigenvalue weighted by molar-refractivity contribution is -0.111. The van der Waals surface area contributed by atoms with Crippen LogP contribution in [0.25, 0.3) is 21.8 Å². The highest BCUT2D eigenvalue weighted by Gasteiger charge is 2.18. The highest BCUT2D eigenvalue weighted by Crippen LogP contribution is 2.38. The second kappa shape index (κ2) is 10.5. The Morgan fingerprint density at radius 1 is 1.26 bits per heavy atom. The third-order valence-electron chi connectivity index (χ3n) is 5.68. The van der Waals surface area contributed by atoms with Crippen molar-refractivity contribution in [1.29, 1.82) is 5.26 Å². The smallest absolute Gasteiger partial charge is 0.248 e. The van der Waals surface area contributed by atoms with Crippen molar-refractivity contribution < 1.29 is 9.53 Å². The van der Waals surface area contributed by atoms with Crippen LogP contribution in [0.1, 0.15) is 25.1 Å². The molecular weight excluding hydrogens is 462 g/mol. The Hall–Kier alpha value is -4.02. The fraction of sp³-hybridized carbons (Fsp3) is 0.222. The first kappa shape index (κ1) is 24.1. The van der Waals surface area contributed by atoms with Crippen LogP contribution in [0.5, 0.6) is 5.75 Å². The fourth-order valence-corrected chi connectivity index (χ4v) is 4.14. The largest absolute Gasteiger partial charge is 0.492 e. The Bertz CT molecular complexity index is 1480. The zero-order valence-corrected chi connectivity index (χ0v) is 20.6. The molecule has 0 radical (unpaired) electrons. The van der Waals surface area contributed by atoms with Crippen LogP contribution in [0, 0.1) is 11.3 Å². The predicted molar refractivity (Wildman–Crippen MR) is 142 cm³/mol. The molecule has 0 aliphatic heterocycles. The number of hydrogen-bond donors (Lipinski definition) is 2. The first-order chi connectivity index (χ1) is 17.0. The summed E-state index contributed by atoms with van der Waals surface area (Å²) in [5.74, 6) is 0.413. The average molecular weight is 488 g/mol. The first-order valence-electron chi connectivity index (χ1n) is 11.4. The lowest BCUT2D eigenvalue weighted by Crippen LogP contribution is -2.10. The predicted octanol–water partition coefficient (Wildman–Crippen LogP) is 6.04. The van der Waals surface area contributed by atoms with Crippen LogP contribution >= 0.6 is 11.6 Å². The molecule has 0 unspecified atom stereocenters. The van der Waals surface area contributed by atoms with E-state index in [4.69, 9.17) is 21.3 Å². The van der Waals surface area contributed by atoms with Gasteiger partial charge in [-0.3, -0.25) is 9.78 Å². The molecule has 1 amide bonds. The van der Waals surface area contributed by atoms with Crippen LogP contribution in [0.3, 0.4) is 0 Å². The van der Waals surface area contributed by atoms with Gasteiger partial charge in [0.2, 0.25) is 5.91 Å². The number of anilines is 3. The number of nitrogens with zero attached hydrogens (tertiary/aromatic N) is 3. The summed E-state index contributed by atoms with van der Waals surface area (Å²) in [6.07, 6.45) is 5.54. The summed E-state index contributed by atoms with van der Waals surface area (Å²) in [5.41, 5.74) is 4.91.